The molecular weight excluding hydrogens is 446 g/mol. The van der Waals surface area contributed by atoms with Gasteiger partial charge in [-0.3, -0.25) is 4.79 Å². The molecule has 0 fully saturated rings. The van der Waals surface area contributed by atoms with Crippen LogP contribution in [0.3, 0.4) is 0 Å². The average Bonchev–Trinajstić information content (AvgIpc) is 3.48. The van der Waals surface area contributed by atoms with Crippen LogP contribution >= 0.6 is 34.4 Å². The number of Topliss-reactive ketones (excluding diaryl/α,β-unsaturated/α-hetero) is 1. The molecule has 2 heterocycles. The molecular formula is C22H17N5OS3. The maximum absolute atomic E-state index is 12.7. The molecule has 0 spiro atoms. The van der Waals surface area contributed by atoms with Crippen molar-refractivity contribution in [3.05, 3.63) is 76.6 Å². The van der Waals surface area contributed by atoms with Crippen LogP contribution in [0.5, 0.6) is 0 Å². The summed E-state index contributed by atoms with van der Waals surface area (Å²) in [5, 5.41) is 24.1. The molecule has 2 aromatic heterocycles. The number of anilines is 1. The summed E-state index contributed by atoms with van der Waals surface area (Å²) in [6.07, 6.45) is 0. The molecule has 9 heteroatoms. The van der Waals surface area contributed by atoms with Gasteiger partial charge in [0.25, 0.3) is 0 Å². The topological polar surface area (TPSA) is 91.6 Å². The predicted molar refractivity (Wildman–Crippen MR) is 125 cm³/mol. The fourth-order valence-electron chi connectivity index (χ4n) is 2.76. The van der Waals surface area contributed by atoms with Gasteiger partial charge in [0.15, 0.2) is 16.0 Å². The van der Waals surface area contributed by atoms with Gasteiger partial charge in [-0.05, 0) is 5.56 Å². The Morgan fingerprint density at radius 2 is 1.84 bits per heavy atom. The number of carbonyl (C=O) groups is 1. The Morgan fingerprint density at radius 1 is 1.10 bits per heavy atom. The summed E-state index contributed by atoms with van der Waals surface area (Å²) >= 11 is 4.02. The monoisotopic (exact) mass is 463 g/mol. The van der Waals surface area contributed by atoms with Gasteiger partial charge in [0.2, 0.25) is 5.13 Å². The largest absolute Gasteiger partial charge is 0.356 e. The van der Waals surface area contributed by atoms with E-state index in [0.717, 1.165) is 16.8 Å². The lowest BCUT2D eigenvalue weighted by Gasteiger charge is -2.03. The molecule has 0 aliphatic heterocycles. The van der Waals surface area contributed by atoms with Crippen molar-refractivity contribution in [3.8, 4) is 17.3 Å². The molecule has 0 amide bonds. The summed E-state index contributed by atoms with van der Waals surface area (Å²) in [6.45, 7) is 0.656. The van der Waals surface area contributed by atoms with E-state index in [-0.39, 0.29) is 11.5 Å². The van der Waals surface area contributed by atoms with Crippen LogP contribution < -0.4 is 5.32 Å². The first-order valence-corrected chi connectivity index (χ1v) is 12.1. The van der Waals surface area contributed by atoms with Crippen LogP contribution in [0.4, 0.5) is 5.13 Å². The smallest absolute Gasteiger partial charge is 0.206 e. The first-order chi connectivity index (χ1) is 15.2. The number of carbonyl (C=O) groups excluding carboxylic acids is 1. The highest BCUT2D eigenvalue weighted by atomic mass is 32.2. The van der Waals surface area contributed by atoms with Crippen molar-refractivity contribution in [2.75, 3.05) is 11.1 Å². The molecule has 4 rings (SSSR count). The minimum absolute atomic E-state index is 0.145. The third-order valence-corrected chi connectivity index (χ3v) is 7.27. The van der Waals surface area contributed by atoms with Crippen molar-refractivity contribution in [1.29, 1.82) is 5.26 Å². The number of aromatic nitrogens is 3. The summed E-state index contributed by atoms with van der Waals surface area (Å²) < 4.78 is 0.685. The van der Waals surface area contributed by atoms with E-state index in [1.54, 1.807) is 0 Å². The zero-order valence-electron chi connectivity index (χ0n) is 16.3. The number of hydrogen-bond donors (Lipinski definition) is 1. The lowest BCUT2D eigenvalue weighted by molar-refractivity contribution is -0.116. The Morgan fingerprint density at radius 3 is 2.58 bits per heavy atom. The molecule has 0 aliphatic carbocycles. The maximum Gasteiger partial charge on any atom is 0.206 e. The summed E-state index contributed by atoms with van der Waals surface area (Å²) in [5.41, 5.74) is 2.89. The second-order valence-corrected chi connectivity index (χ2v) is 9.56. The third-order valence-electron chi connectivity index (χ3n) is 4.32. The zero-order chi connectivity index (χ0) is 21.5. The highest BCUT2D eigenvalue weighted by Crippen LogP contribution is 2.30. The highest BCUT2D eigenvalue weighted by molar-refractivity contribution is 8.01. The van der Waals surface area contributed by atoms with Gasteiger partial charge in [-0.1, -0.05) is 83.8 Å². The van der Waals surface area contributed by atoms with Crippen molar-refractivity contribution in [2.45, 2.75) is 16.8 Å². The summed E-state index contributed by atoms with van der Waals surface area (Å²) in [5.74, 6) is -0.916. The molecule has 31 heavy (non-hydrogen) atoms. The summed E-state index contributed by atoms with van der Waals surface area (Å²) in [7, 11) is 0. The summed E-state index contributed by atoms with van der Waals surface area (Å²) in [4.78, 5) is 17.2. The minimum Gasteiger partial charge on any atom is -0.356 e. The zero-order valence-corrected chi connectivity index (χ0v) is 18.7. The third kappa shape index (κ3) is 5.55. The van der Waals surface area contributed by atoms with Crippen LogP contribution in [0.1, 0.15) is 16.5 Å². The van der Waals surface area contributed by atoms with E-state index in [4.69, 9.17) is 0 Å². The molecule has 6 nitrogen and oxygen atoms in total. The number of nitriles is 1. The number of rotatable bonds is 9. The van der Waals surface area contributed by atoms with Crippen LogP contribution in [-0.4, -0.2) is 26.7 Å². The second-order valence-electron chi connectivity index (χ2n) is 6.47. The number of nitrogens with zero attached hydrogens (tertiary/aromatic N) is 4. The van der Waals surface area contributed by atoms with E-state index in [1.165, 1.54) is 34.4 Å². The van der Waals surface area contributed by atoms with Gasteiger partial charge < -0.3 is 5.32 Å². The van der Waals surface area contributed by atoms with Crippen LogP contribution in [0.25, 0.3) is 11.3 Å². The fourth-order valence-corrected chi connectivity index (χ4v) is 5.30. The minimum atomic E-state index is -0.876. The van der Waals surface area contributed by atoms with Crippen molar-refractivity contribution in [3.63, 3.8) is 0 Å². The number of nitrogens with one attached hydrogen (secondary N) is 1. The molecule has 4 aromatic rings. The Hall–Kier alpha value is -3.06. The molecule has 0 saturated heterocycles. The average molecular weight is 464 g/mol. The lowest BCUT2D eigenvalue weighted by atomic mass is 10.1. The van der Waals surface area contributed by atoms with Crippen molar-refractivity contribution in [2.24, 2.45) is 0 Å². The molecule has 1 N–H and O–H groups in total. The first kappa shape index (κ1) is 21.2. The van der Waals surface area contributed by atoms with Crippen molar-refractivity contribution < 1.29 is 4.79 Å². The van der Waals surface area contributed by atoms with E-state index < -0.39 is 5.92 Å². The summed E-state index contributed by atoms with van der Waals surface area (Å²) in [6, 6.07) is 21.8. The van der Waals surface area contributed by atoms with Gasteiger partial charge in [-0.15, -0.1) is 21.5 Å². The number of ketones is 1. The lowest BCUT2D eigenvalue weighted by Crippen LogP contribution is -2.13. The Bertz CT molecular complexity index is 1180. The number of thiazole rings is 1. The van der Waals surface area contributed by atoms with Crippen LogP contribution in [0.15, 0.2) is 70.4 Å². The van der Waals surface area contributed by atoms with E-state index >= 15 is 0 Å². The SMILES string of the molecule is N#CC(C(=O)CSc1nnc(NCc2ccccc2)s1)c1nc(-c2ccccc2)cs1. The van der Waals surface area contributed by atoms with Gasteiger partial charge >= 0.3 is 0 Å². The Labute approximate surface area is 192 Å². The van der Waals surface area contributed by atoms with Crippen molar-refractivity contribution in [1.82, 2.24) is 15.2 Å². The molecule has 0 aliphatic rings. The second kappa shape index (κ2) is 10.3. The van der Waals surface area contributed by atoms with E-state index in [9.17, 15) is 10.1 Å². The standard InChI is InChI=1S/C22H17N5OS3/c23-11-17(20-25-18(13-29-20)16-9-5-2-6-10-16)19(28)14-30-22-27-26-21(31-22)24-12-15-7-3-1-4-8-15/h1-10,13,17H,12,14H2,(H,24,26). The van der Waals surface area contributed by atoms with Crippen molar-refractivity contribution >= 4 is 45.4 Å². The first-order valence-electron chi connectivity index (χ1n) is 9.40. The molecule has 2 aromatic carbocycles. The van der Waals surface area contributed by atoms with Crippen LogP contribution in [0.2, 0.25) is 0 Å². The van der Waals surface area contributed by atoms with Gasteiger partial charge in [0, 0.05) is 17.5 Å². The molecule has 0 bridgehead atoms. The molecule has 0 radical (unpaired) electrons. The Balaban J connectivity index is 1.33. The molecule has 0 saturated carbocycles. The van der Waals surface area contributed by atoms with E-state index in [2.05, 4.69) is 26.6 Å². The predicted octanol–water partition coefficient (Wildman–Crippen LogP) is 5.24. The maximum atomic E-state index is 12.7. The van der Waals surface area contributed by atoms with Crippen LogP contribution in [-0.2, 0) is 11.3 Å². The number of thioether (sulfide) groups is 1. The van der Waals surface area contributed by atoms with E-state index in [0.29, 0.717) is 21.0 Å². The van der Waals surface area contributed by atoms with Gasteiger partial charge in [-0.2, -0.15) is 5.26 Å². The van der Waals surface area contributed by atoms with Crippen LogP contribution in [0, 0.1) is 11.3 Å². The fraction of sp³-hybridized carbons (Fsp3) is 0.136. The molecule has 1 unspecified atom stereocenters. The number of benzene rings is 2. The number of hydrogen-bond acceptors (Lipinski definition) is 9. The quantitative estimate of drug-likeness (QED) is 0.339. The van der Waals surface area contributed by atoms with Gasteiger partial charge in [0.05, 0.1) is 17.5 Å². The van der Waals surface area contributed by atoms with Gasteiger partial charge in [0.1, 0.15) is 5.01 Å². The normalized spacial score (nSPS) is 11.6. The van der Waals surface area contributed by atoms with E-state index in [1.807, 2.05) is 66.0 Å². The molecule has 154 valence electrons. The highest BCUT2D eigenvalue weighted by Gasteiger charge is 2.24. The Kier molecular flexibility index (Phi) is 7.04. The van der Waals surface area contributed by atoms with Gasteiger partial charge in [-0.25, -0.2) is 4.98 Å². The molecule has 1 atom stereocenters.